The van der Waals surface area contributed by atoms with Crippen LogP contribution in [0.4, 0.5) is 0 Å². The van der Waals surface area contributed by atoms with Gasteiger partial charge in [-0.25, -0.2) is 4.98 Å². The summed E-state index contributed by atoms with van der Waals surface area (Å²) in [4.78, 5) is 4.72. The largest absolute Gasteiger partial charge is 0.497 e. The number of para-hydroxylation sites is 1. The number of ether oxygens (including phenoxy) is 1. The zero-order chi connectivity index (χ0) is 18.1. The number of thioether (sulfide) groups is 1. The molecule has 0 radical (unpaired) electrons. The van der Waals surface area contributed by atoms with Crippen LogP contribution in [0.15, 0.2) is 57.0 Å². The number of benzene rings is 2. The van der Waals surface area contributed by atoms with Gasteiger partial charge in [0.05, 0.1) is 28.3 Å². The van der Waals surface area contributed by atoms with Crippen LogP contribution in [0.1, 0.15) is 11.1 Å². The second kappa shape index (κ2) is 6.97. The highest BCUT2D eigenvalue weighted by Gasteiger charge is 2.31. The molecule has 0 amide bonds. The summed E-state index contributed by atoms with van der Waals surface area (Å²) in [5, 5.41) is 8.31. The van der Waals surface area contributed by atoms with E-state index in [1.54, 1.807) is 30.2 Å². The van der Waals surface area contributed by atoms with Crippen LogP contribution in [-0.2, 0) is 6.42 Å². The van der Waals surface area contributed by atoms with Crippen LogP contribution in [0.25, 0.3) is 10.2 Å². The fourth-order valence-electron chi connectivity index (χ4n) is 2.92. The van der Waals surface area contributed by atoms with Crippen molar-refractivity contribution >= 4 is 45.0 Å². The number of hydrogen-bond donors (Lipinski definition) is 2. The lowest BCUT2D eigenvalue weighted by Crippen LogP contribution is -2.22. The third-order valence-corrected chi connectivity index (χ3v) is 6.43. The van der Waals surface area contributed by atoms with E-state index in [0.29, 0.717) is 0 Å². The molecular formula is C18H17N5OS2. The van der Waals surface area contributed by atoms with Gasteiger partial charge in [0.25, 0.3) is 0 Å². The van der Waals surface area contributed by atoms with Crippen molar-refractivity contribution in [3.05, 3.63) is 53.6 Å². The molecule has 6 nitrogen and oxygen atoms in total. The Bertz CT molecular complexity index is 990. The van der Waals surface area contributed by atoms with Gasteiger partial charge in [-0.2, -0.15) is 5.10 Å². The summed E-state index contributed by atoms with van der Waals surface area (Å²) in [6, 6.07) is 14.1. The Morgan fingerprint density at radius 3 is 2.88 bits per heavy atom. The Labute approximate surface area is 159 Å². The molecule has 0 saturated carbocycles. The zero-order valence-corrected chi connectivity index (χ0v) is 15.7. The van der Waals surface area contributed by atoms with Crippen molar-refractivity contribution in [3.63, 3.8) is 0 Å². The highest BCUT2D eigenvalue weighted by molar-refractivity contribution is 8.02. The van der Waals surface area contributed by atoms with Crippen molar-refractivity contribution in [2.75, 3.05) is 7.11 Å². The summed E-state index contributed by atoms with van der Waals surface area (Å²) in [6.07, 6.45) is 0.846. The molecule has 1 aliphatic rings. The molecular weight excluding hydrogens is 366 g/mol. The molecule has 1 heterocycles. The molecule has 0 spiro atoms. The predicted octanol–water partition coefficient (Wildman–Crippen LogP) is 3.00. The average molecular weight is 384 g/mol. The van der Waals surface area contributed by atoms with Crippen LogP contribution in [0, 0.1) is 0 Å². The van der Waals surface area contributed by atoms with E-state index < -0.39 is 0 Å². The Hall–Kier alpha value is -2.58. The van der Waals surface area contributed by atoms with E-state index in [4.69, 9.17) is 21.2 Å². The van der Waals surface area contributed by atoms with Crippen molar-refractivity contribution < 1.29 is 4.74 Å². The highest BCUT2D eigenvalue weighted by Crippen LogP contribution is 2.39. The first-order valence-corrected chi connectivity index (χ1v) is 9.69. The van der Waals surface area contributed by atoms with E-state index in [1.165, 1.54) is 10.3 Å². The Morgan fingerprint density at radius 1 is 1.27 bits per heavy atom. The first-order valence-electron chi connectivity index (χ1n) is 8.00. The van der Waals surface area contributed by atoms with Gasteiger partial charge in [0.2, 0.25) is 5.96 Å². The normalized spacial score (nSPS) is 17.4. The average Bonchev–Trinajstić information content (AvgIpc) is 3.19. The number of thiazole rings is 1. The molecule has 1 aliphatic carbocycles. The number of aromatic nitrogens is 1. The highest BCUT2D eigenvalue weighted by atomic mass is 32.2. The Balaban J connectivity index is 1.70. The molecule has 4 N–H and O–H groups in total. The number of hydrogen-bond acceptors (Lipinski definition) is 6. The van der Waals surface area contributed by atoms with Gasteiger partial charge in [0.1, 0.15) is 5.75 Å². The van der Waals surface area contributed by atoms with E-state index >= 15 is 0 Å². The number of nitrogens with two attached hydrogens (primary N) is 2. The van der Waals surface area contributed by atoms with E-state index in [1.807, 2.05) is 30.3 Å². The van der Waals surface area contributed by atoms with Crippen LogP contribution in [0.2, 0.25) is 0 Å². The second-order valence-electron chi connectivity index (χ2n) is 5.79. The molecule has 2 aromatic carbocycles. The molecule has 0 aliphatic heterocycles. The van der Waals surface area contributed by atoms with Gasteiger partial charge in [-0.05, 0) is 36.2 Å². The minimum Gasteiger partial charge on any atom is -0.497 e. The second-order valence-corrected chi connectivity index (χ2v) is 8.27. The van der Waals surface area contributed by atoms with Crippen molar-refractivity contribution in [3.8, 4) is 5.75 Å². The molecule has 0 saturated heterocycles. The fraction of sp³-hybridized carbons (Fsp3) is 0.167. The van der Waals surface area contributed by atoms with Crippen LogP contribution >= 0.6 is 23.1 Å². The smallest absolute Gasteiger partial charge is 0.211 e. The third-order valence-electron chi connectivity index (χ3n) is 4.09. The topological polar surface area (TPSA) is 98.9 Å². The Morgan fingerprint density at radius 2 is 2.12 bits per heavy atom. The maximum atomic E-state index is 5.47. The monoisotopic (exact) mass is 383 g/mol. The number of methoxy groups -OCH3 is 1. The molecule has 4 rings (SSSR count). The molecule has 3 aromatic rings. The number of fused-ring (bicyclic) bond motifs is 2. The molecule has 8 heteroatoms. The maximum Gasteiger partial charge on any atom is 0.211 e. The zero-order valence-electron chi connectivity index (χ0n) is 14.0. The van der Waals surface area contributed by atoms with Crippen molar-refractivity contribution in [2.24, 2.45) is 21.7 Å². The fourth-order valence-corrected chi connectivity index (χ4v) is 5.37. The molecule has 26 heavy (non-hydrogen) atoms. The third kappa shape index (κ3) is 3.25. The lowest BCUT2D eigenvalue weighted by Gasteiger charge is -2.08. The SMILES string of the molecule is COc1ccc2c(c1)/C(=N\N=C(N)N)C(Sc1nc3ccccc3s1)C2. The van der Waals surface area contributed by atoms with Crippen LogP contribution in [-0.4, -0.2) is 29.0 Å². The van der Waals surface area contributed by atoms with Gasteiger partial charge in [0.15, 0.2) is 4.34 Å². The van der Waals surface area contributed by atoms with Crippen LogP contribution in [0.5, 0.6) is 5.75 Å². The minimum absolute atomic E-state index is 0.0578. The Kier molecular flexibility index (Phi) is 4.52. The quantitative estimate of drug-likeness (QED) is 0.410. The summed E-state index contributed by atoms with van der Waals surface area (Å²) in [7, 11) is 1.65. The molecule has 0 bridgehead atoms. The lowest BCUT2D eigenvalue weighted by molar-refractivity contribution is 0.414. The van der Waals surface area contributed by atoms with Crippen LogP contribution in [0.3, 0.4) is 0 Å². The van der Waals surface area contributed by atoms with Gasteiger partial charge < -0.3 is 16.2 Å². The number of rotatable bonds is 4. The first-order chi connectivity index (χ1) is 12.6. The molecule has 1 aromatic heterocycles. The van der Waals surface area contributed by atoms with Gasteiger partial charge in [-0.3, -0.25) is 0 Å². The lowest BCUT2D eigenvalue weighted by atomic mass is 10.1. The predicted molar refractivity (Wildman–Crippen MR) is 108 cm³/mol. The van der Waals surface area contributed by atoms with E-state index in [2.05, 4.69) is 22.3 Å². The van der Waals surface area contributed by atoms with Crippen molar-refractivity contribution in [1.82, 2.24) is 4.98 Å². The van der Waals surface area contributed by atoms with E-state index in [-0.39, 0.29) is 11.2 Å². The minimum atomic E-state index is -0.0578. The summed E-state index contributed by atoms with van der Waals surface area (Å²) >= 11 is 3.38. The molecule has 1 unspecified atom stereocenters. The van der Waals surface area contributed by atoms with Crippen LogP contribution < -0.4 is 16.2 Å². The van der Waals surface area contributed by atoms with Gasteiger partial charge in [-0.1, -0.05) is 30.0 Å². The van der Waals surface area contributed by atoms with Gasteiger partial charge in [0, 0.05) is 5.56 Å². The molecule has 0 fully saturated rings. The summed E-state index contributed by atoms with van der Waals surface area (Å²) in [5.41, 5.74) is 15.0. The molecule has 1 atom stereocenters. The summed E-state index contributed by atoms with van der Waals surface area (Å²) < 4.78 is 7.53. The van der Waals surface area contributed by atoms with Gasteiger partial charge >= 0.3 is 0 Å². The number of nitrogens with zero attached hydrogens (tertiary/aromatic N) is 3. The standard InChI is InChI=1S/C18H17N5OS2/c1-24-11-7-6-10-8-15(16(12(10)9-11)22-23-17(19)20)26-18-21-13-4-2-3-5-14(13)25-18/h2-7,9,15H,8H2,1H3,(H4,19,20,23)/b22-16+. The number of guanidine groups is 1. The van der Waals surface area contributed by atoms with E-state index in [9.17, 15) is 0 Å². The maximum absolute atomic E-state index is 5.47. The molecule has 132 valence electrons. The summed E-state index contributed by atoms with van der Waals surface area (Å²) in [6.45, 7) is 0. The summed E-state index contributed by atoms with van der Waals surface area (Å²) in [5.74, 6) is 0.726. The first kappa shape index (κ1) is 16.9. The van der Waals surface area contributed by atoms with E-state index in [0.717, 1.165) is 33.3 Å². The van der Waals surface area contributed by atoms with Crippen molar-refractivity contribution in [2.45, 2.75) is 16.0 Å². The van der Waals surface area contributed by atoms with Gasteiger partial charge in [-0.15, -0.1) is 16.4 Å². The van der Waals surface area contributed by atoms with Crippen molar-refractivity contribution in [1.29, 1.82) is 0 Å².